The van der Waals surface area contributed by atoms with Gasteiger partial charge in [0.2, 0.25) is 5.90 Å². The summed E-state index contributed by atoms with van der Waals surface area (Å²) in [6.45, 7) is 1.90. The van der Waals surface area contributed by atoms with Crippen LogP contribution in [0.5, 0.6) is 17.2 Å². The first kappa shape index (κ1) is 21.8. The van der Waals surface area contributed by atoms with Crippen LogP contribution in [0, 0.1) is 6.92 Å². The van der Waals surface area contributed by atoms with E-state index < -0.39 is 11.9 Å². The van der Waals surface area contributed by atoms with E-state index in [2.05, 4.69) is 4.99 Å². The van der Waals surface area contributed by atoms with Gasteiger partial charge in [-0.3, -0.25) is 0 Å². The normalized spacial score (nSPS) is 14.0. The topological polar surface area (TPSA) is 83.4 Å². The van der Waals surface area contributed by atoms with Crippen molar-refractivity contribution in [2.24, 2.45) is 4.99 Å². The zero-order valence-corrected chi connectivity index (χ0v) is 18.3. The third-order valence-corrected chi connectivity index (χ3v) is 4.90. The third kappa shape index (κ3) is 4.93. The van der Waals surface area contributed by atoms with Crippen molar-refractivity contribution < 1.29 is 28.5 Å². The van der Waals surface area contributed by atoms with Gasteiger partial charge in [0.25, 0.3) is 0 Å². The molecule has 0 spiro atoms. The predicted octanol–water partition coefficient (Wildman–Crippen LogP) is 4.58. The number of hydrogen-bond acceptors (Lipinski definition) is 7. The van der Waals surface area contributed by atoms with E-state index in [-0.39, 0.29) is 17.3 Å². The van der Waals surface area contributed by atoms with Crippen LogP contribution in [0.3, 0.4) is 0 Å². The molecule has 0 saturated heterocycles. The van der Waals surface area contributed by atoms with Gasteiger partial charge in [0.05, 0.1) is 19.8 Å². The summed E-state index contributed by atoms with van der Waals surface area (Å²) in [7, 11) is 3.05. The number of aliphatic imine (C=N–C) groups is 1. The Morgan fingerprint density at radius 1 is 0.939 bits per heavy atom. The highest BCUT2D eigenvalue weighted by molar-refractivity contribution is 6.12. The maximum atomic E-state index is 12.5. The molecule has 0 radical (unpaired) electrons. The van der Waals surface area contributed by atoms with E-state index in [0.29, 0.717) is 28.2 Å². The van der Waals surface area contributed by atoms with Crippen LogP contribution >= 0.6 is 0 Å². The molecule has 0 atom stereocenters. The number of nitrogens with zero attached hydrogens (tertiary/aromatic N) is 1. The minimum absolute atomic E-state index is 0.146. The van der Waals surface area contributed by atoms with Gasteiger partial charge in [-0.15, -0.1) is 0 Å². The minimum atomic E-state index is -0.560. The largest absolute Gasteiger partial charge is 0.497 e. The molecular formula is C26H21NO6. The SMILES string of the molecule is COc1ccc(C2=N/C(=C\c3ccc(OC(=O)c4cccc(C)c4)c(OC)c3)C(=O)O2)cc1. The molecule has 0 bridgehead atoms. The molecule has 0 saturated carbocycles. The summed E-state index contributed by atoms with van der Waals surface area (Å²) in [6, 6.07) is 19.1. The molecule has 3 aromatic carbocycles. The zero-order valence-electron chi connectivity index (χ0n) is 18.3. The average Bonchev–Trinajstić information content (AvgIpc) is 3.20. The molecule has 0 N–H and O–H groups in total. The third-order valence-electron chi connectivity index (χ3n) is 4.90. The summed E-state index contributed by atoms with van der Waals surface area (Å²) >= 11 is 0. The fraction of sp³-hybridized carbons (Fsp3) is 0.115. The van der Waals surface area contributed by atoms with Crippen LogP contribution in [0.2, 0.25) is 0 Å². The number of cyclic esters (lactones) is 1. The maximum absolute atomic E-state index is 12.5. The molecule has 0 unspecified atom stereocenters. The molecule has 4 rings (SSSR count). The Hall–Kier alpha value is -4.39. The number of rotatable bonds is 6. The first-order valence-electron chi connectivity index (χ1n) is 10.1. The van der Waals surface area contributed by atoms with Gasteiger partial charge in [-0.2, -0.15) is 0 Å². The Balaban J connectivity index is 1.56. The molecular weight excluding hydrogens is 422 g/mol. The standard InChI is InChI=1S/C26H21NO6/c1-16-5-4-6-19(13-16)25(28)32-22-12-7-17(15-23(22)31-3)14-21-26(29)33-24(27-21)18-8-10-20(30-2)11-9-18/h4-15H,1-3H3/b21-14-. The molecule has 166 valence electrons. The van der Waals surface area contributed by atoms with Crippen molar-refractivity contribution in [1.29, 1.82) is 0 Å². The molecule has 1 aliphatic heterocycles. The summed E-state index contributed by atoms with van der Waals surface area (Å²) < 4.78 is 21.3. The highest BCUT2D eigenvalue weighted by Crippen LogP contribution is 2.30. The van der Waals surface area contributed by atoms with Gasteiger partial charge >= 0.3 is 11.9 Å². The molecule has 0 amide bonds. The Kier molecular flexibility index (Phi) is 6.22. The molecule has 0 aromatic heterocycles. The summed E-state index contributed by atoms with van der Waals surface area (Å²) in [5.74, 6) is 0.462. The first-order valence-corrected chi connectivity index (χ1v) is 10.1. The number of methoxy groups -OCH3 is 2. The highest BCUT2D eigenvalue weighted by Gasteiger charge is 2.24. The van der Waals surface area contributed by atoms with Gasteiger partial charge in [-0.1, -0.05) is 23.8 Å². The van der Waals surface area contributed by atoms with E-state index in [1.807, 2.05) is 13.0 Å². The van der Waals surface area contributed by atoms with E-state index in [0.717, 1.165) is 5.56 Å². The second-order valence-corrected chi connectivity index (χ2v) is 7.23. The lowest BCUT2D eigenvalue weighted by molar-refractivity contribution is -0.129. The molecule has 33 heavy (non-hydrogen) atoms. The van der Waals surface area contributed by atoms with Crippen molar-refractivity contribution in [3.63, 3.8) is 0 Å². The molecule has 0 fully saturated rings. The molecule has 1 aliphatic rings. The molecule has 3 aromatic rings. The van der Waals surface area contributed by atoms with Gasteiger partial charge < -0.3 is 18.9 Å². The Labute approximate surface area is 190 Å². The number of hydrogen-bond donors (Lipinski definition) is 0. The molecule has 7 nitrogen and oxygen atoms in total. The first-order chi connectivity index (χ1) is 16.0. The van der Waals surface area contributed by atoms with Crippen molar-refractivity contribution in [2.45, 2.75) is 6.92 Å². The summed E-state index contributed by atoms with van der Waals surface area (Å²) in [5.41, 5.74) is 2.83. The van der Waals surface area contributed by atoms with Crippen LogP contribution in [0.15, 0.2) is 77.4 Å². The highest BCUT2D eigenvalue weighted by atomic mass is 16.6. The fourth-order valence-electron chi connectivity index (χ4n) is 3.21. The van der Waals surface area contributed by atoms with E-state index in [9.17, 15) is 9.59 Å². The number of carbonyl (C=O) groups is 2. The lowest BCUT2D eigenvalue weighted by Gasteiger charge is -2.10. The Morgan fingerprint density at radius 3 is 2.42 bits per heavy atom. The van der Waals surface area contributed by atoms with Crippen molar-refractivity contribution in [1.82, 2.24) is 0 Å². The van der Waals surface area contributed by atoms with Crippen LogP contribution in [0.25, 0.3) is 6.08 Å². The average molecular weight is 443 g/mol. The number of aryl methyl sites for hydroxylation is 1. The number of carbonyl (C=O) groups excluding carboxylic acids is 2. The van der Waals surface area contributed by atoms with Gasteiger partial charge in [-0.05, 0) is 67.1 Å². The van der Waals surface area contributed by atoms with Gasteiger partial charge in [0, 0.05) is 5.56 Å². The second-order valence-electron chi connectivity index (χ2n) is 7.23. The Morgan fingerprint density at radius 2 is 1.73 bits per heavy atom. The lowest BCUT2D eigenvalue weighted by Crippen LogP contribution is -2.09. The van der Waals surface area contributed by atoms with Crippen molar-refractivity contribution in [2.75, 3.05) is 14.2 Å². The summed E-state index contributed by atoms with van der Waals surface area (Å²) in [5, 5.41) is 0. The van der Waals surface area contributed by atoms with E-state index in [4.69, 9.17) is 18.9 Å². The van der Waals surface area contributed by atoms with Crippen LogP contribution in [0.1, 0.15) is 27.0 Å². The fourth-order valence-corrected chi connectivity index (χ4v) is 3.21. The number of benzene rings is 3. The Bertz CT molecular complexity index is 1270. The van der Waals surface area contributed by atoms with Crippen molar-refractivity contribution in [3.8, 4) is 17.2 Å². The monoisotopic (exact) mass is 443 g/mol. The molecule has 7 heteroatoms. The number of esters is 2. The predicted molar refractivity (Wildman–Crippen MR) is 123 cm³/mol. The van der Waals surface area contributed by atoms with Crippen molar-refractivity contribution in [3.05, 3.63) is 94.7 Å². The quantitative estimate of drug-likeness (QED) is 0.315. The van der Waals surface area contributed by atoms with Crippen LogP contribution in [0.4, 0.5) is 0 Å². The van der Waals surface area contributed by atoms with Crippen LogP contribution < -0.4 is 14.2 Å². The van der Waals surface area contributed by atoms with E-state index in [1.165, 1.54) is 7.11 Å². The van der Waals surface area contributed by atoms with Gasteiger partial charge in [0.1, 0.15) is 5.75 Å². The summed E-state index contributed by atoms with van der Waals surface area (Å²) in [6.07, 6.45) is 1.58. The maximum Gasteiger partial charge on any atom is 0.363 e. The molecule has 1 heterocycles. The zero-order chi connectivity index (χ0) is 23.4. The molecule has 0 aliphatic carbocycles. The van der Waals surface area contributed by atoms with E-state index >= 15 is 0 Å². The number of ether oxygens (including phenoxy) is 4. The smallest absolute Gasteiger partial charge is 0.363 e. The van der Waals surface area contributed by atoms with Crippen molar-refractivity contribution >= 4 is 23.9 Å². The van der Waals surface area contributed by atoms with Gasteiger partial charge in [0.15, 0.2) is 17.2 Å². The summed E-state index contributed by atoms with van der Waals surface area (Å²) in [4.78, 5) is 29.1. The lowest BCUT2D eigenvalue weighted by atomic mass is 10.1. The van der Waals surface area contributed by atoms with Crippen LogP contribution in [-0.4, -0.2) is 32.1 Å². The van der Waals surface area contributed by atoms with E-state index in [1.54, 1.807) is 73.8 Å². The van der Waals surface area contributed by atoms with Crippen LogP contribution in [-0.2, 0) is 9.53 Å². The minimum Gasteiger partial charge on any atom is -0.497 e. The second kappa shape index (κ2) is 9.40. The van der Waals surface area contributed by atoms with Gasteiger partial charge in [-0.25, -0.2) is 14.6 Å².